The number of aromatic nitrogens is 2. The van der Waals surface area contributed by atoms with Crippen LogP contribution in [0.5, 0.6) is 0 Å². The van der Waals surface area contributed by atoms with E-state index in [9.17, 15) is 4.79 Å². The van der Waals surface area contributed by atoms with Gasteiger partial charge in [0.15, 0.2) is 5.82 Å². The van der Waals surface area contributed by atoms with Crippen molar-refractivity contribution in [2.75, 3.05) is 5.32 Å². The molecule has 0 atom stereocenters. The molecule has 1 aliphatic carbocycles. The van der Waals surface area contributed by atoms with E-state index in [0.717, 1.165) is 40.8 Å². The second-order valence-electron chi connectivity index (χ2n) is 9.41. The first-order valence-electron chi connectivity index (χ1n) is 11.5. The Morgan fingerprint density at radius 1 is 0.969 bits per heavy atom. The average molecular weight is 429 g/mol. The van der Waals surface area contributed by atoms with Crippen molar-refractivity contribution in [3.8, 4) is 22.4 Å². The molecule has 1 heterocycles. The van der Waals surface area contributed by atoms with Crippen LogP contribution in [0.15, 0.2) is 60.7 Å². The second kappa shape index (κ2) is 9.61. The largest absolute Gasteiger partial charge is 0.322 e. The second-order valence-corrected chi connectivity index (χ2v) is 9.41. The smallest absolute Gasteiger partial charge is 0.225 e. The summed E-state index contributed by atoms with van der Waals surface area (Å²) < 4.78 is 0. The van der Waals surface area contributed by atoms with Gasteiger partial charge in [-0.25, -0.2) is 0 Å². The lowest BCUT2D eigenvalue weighted by Crippen LogP contribution is -2.28. The van der Waals surface area contributed by atoms with Gasteiger partial charge in [-0.15, -0.1) is 10.2 Å². The number of carbonyl (C=O) groups excluding carboxylic acids is 1. The highest BCUT2D eigenvalue weighted by molar-refractivity contribution is 5.91. The third-order valence-electron chi connectivity index (χ3n) is 6.25. The first-order valence-corrected chi connectivity index (χ1v) is 11.5. The minimum atomic E-state index is -0.404. The molecule has 32 heavy (non-hydrogen) atoms. The third-order valence-corrected chi connectivity index (χ3v) is 6.25. The fourth-order valence-electron chi connectivity index (χ4n) is 4.41. The number of carbonyl (C=O) groups is 1. The molecule has 1 amide bonds. The highest BCUT2D eigenvalue weighted by atomic mass is 16.1. The normalized spacial score (nSPS) is 14.8. The van der Waals surface area contributed by atoms with E-state index >= 15 is 0 Å². The topological polar surface area (TPSA) is 80.9 Å². The van der Waals surface area contributed by atoms with E-state index in [0.29, 0.717) is 18.2 Å². The number of benzene rings is 2. The highest BCUT2D eigenvalue weighted by Gasteiger charge is 2.19. The first kappa shape index (κ1) is 22.2. The molecule has 166 valence electrons. The predicted molar refractivity (Wildman–Crippen MR) is 130 cm³/mol. The number of rotatable bonds is 6. The zero-order valence-corrected chi connectivity index (χ0v) is 19.0. The molecule has 5 heteroatoms. The number of hydrogen-bond acceptors (Lipinski definition) is 4. The molecule has 2 aromatic carbocycles. The van der Waals surface area contributed by atoms with Crippen LogP contribution in [0.3, 0.4) is 0 Å². The van der Waals surface area contributed by atoms with Gasteiger partial charge in [0, 0.05) is 23.1 Å². The summed E-state index contributed by atoms with van der Waals surface area (Å²) in [7, 11) is 0. The van der Waals surface area contributed by atoms with Crippen LogP contribution in [0.25, 0.3) is 22.4 Å². The molecule has 4 rings (SSSR count). The van der Waals surface area contributed by atoms with Crippen molar-refractivity contribution in [1.82, 2.24) is 10.2 Å². The zero-order valence-electron chi connectivity index (χ0n) is 19.0. The molecule has 0 spiro atoms. The van der Waals surface area contributed by atoms with E-state index in [-0.39, 0.29) is 5.91 Å². The molecule has 0 saturated heterocycles. The summed E-state index contributed by atoms with van der Waals surface area (Å²) in [6.07, 6.45) is 6.58. The number of nitrogens with two attached hydrogens (primary N) is 1. The van der Waals surface area contributed by atoms with Crippen molar-refractivity contribution >= 4 is 11.7 Å². The van der Waals surface area contributed by atoms with Crippen LogP contribution < -0.4 is 11.1 Å². The minimum Gasteiger partial charge on any atom is -0.322 e. The van der Waals surface area contributed by atoms with Crippen molar-refractivity contribution in [3.63, 3.8) is 0 Å². The van der Waals surface area contributed by atoms with E-state index in [4.69, 9.17) is 5.73 Å². The quantitative estimate of drug-likeness (QED) is 0.511. The summed E-state index contributed by atoms with van der Waals surface area (Å²) in [5.41, 5.74) is 10.6. The number of amides is 1. The Morgan fingerprint density at radius 3 is 2.31 bits per heavy atom. The summed E-state index contributed by atoms with van der Waals surface area (Å²) >= 11 is 0. The van der Waals surface area contributed by atoms with Gasteiger partial charge in [0.25, 0.3) is 0 Å². The summed E-state index contributed by atoms with van der Waals surface area (Å²) in [5.74, 6) is 0.996. The van der Waals surface area contributed by atoms with Gasteiger partial charge >= 0.3 is 0 Å². The average Bonchev–Trinajstić information content (AvgIpc) is 2.80. The molecular formula is C27H32N4O. The molecule has 5 nitrogen and oxygen atoms in total. The number of nitrogens with one attached hydrogen (secondary N) is 1. The van der Waals surface area contributed by atoms with Gasteiger partial charge in [-0.1, -0.05) is 73.9 Å². The Bertz CT molecular complexity index is 1050. The van der Waals surface area contributed by atoms with Crippen molar-refractivity contribution in [2.24, 2.45) is 11.7 Å². The van der Waals surface area contributed by atoms with E-state index in [1.165, 1.54) is 19.3 Å². The van der Waals surface area contributed by atoms with Gasteiger partial charge in [0.1, 0.15) is 5.69 Å². The Kier molecular flexibility index (Phi) is 6.66. The lowest BCUT2D eigenvalue weighted by molar-refractivity contribution is -0.117. The Balaban J connectivity index is 1.62. The Hall–Kier alpha value is -3.05. The fourth-order valence-corrected chi connectivity index (χ4v) is 4.41. The molecule has 3 aromatic rings. The molecule has 1 fully saturated rings. The van der Waals surface area contributed by atoms with Gasteiger partial charge < -0.3 is 11.1 Å². The van der Waals surface area contributed by atoms with Gasteiger partial charge in [0.2, 0.25) is 5.91 Å². The molecule has 0 unspecified atom stereocenters. The highest BCUT2D eigenvalue weighted by Crippen LogP contribution is 2.33. The number of nitrogens with zero attached hydrogens (tertiary/aromatic N) is 2. The maximum absolute atomic E-state index is 12.6. The SMILES string of the molecule is CC(C)(N)c1ccc(-c2nnc(NC(=O)CC3CCCCC3)cc2-c2ccccc2)cc1. The van der Waals surface area contributed by atoms with E-state index in [1.807, 2.05) is 74.5 Å². The molecule has 0 radical (unpaired) electrons. The van der Waals surface area contributed by atoms with Gasteiger partial charge in [0.05, 0.1) is 0 Å². The molecule has 1 saturated carbocycles. The summed E-state index contributed by atoms with van der Waals surface area (Å²) in [6.45, 7) is 3.98. The molecule has 1 aliphatic rings. The van der Waals surface area contributed by atoms with Crippen LogP contribution in [0, 0.1) is 5.92 Å². The lowest BCUT2D eigenvalue weighted by atomic mass is 9.87. The standard InChI is InChI=1S/C27H32N4O/c1-27(2,28)22-15-13-21(14-16-22)26-23(20-11-7-4-8-12-20)18-24(30-31-26)29-25(32)17-19-9-5-3-6-10-19/h4,7-8,11-16,18-19H,3,5-6,9-10,17,28H2,1-2H3,(H,29,30,32). The van der Waals surface area contributed by atoms with Crippen molar-refractivity contribution in [3.05, 3.63) is 66.2 Å². The molecule has 0 aliphatic heterocycles. The molecular weight excluding hydrogens is 396 g/mol. The minimum absolute atomic E-state index is 0.0208. The Labute approximate surface area is 190 Å². The van der Waals surface area contributed by atoms with E-state index in [2.05, 4.69) is 15.5 Å². The lowest BCUT2D eigenvalue weighted by Gasteiger charge is -2.21. The van der Waals surface area contributed by atoms with Crippen molar-refractivity contribution < 1.29 is 4.79 Å². The van der Waals surface area contributed by atoms with Crippen LogP contribution in [-0.2, 0) is 10.3 Å². The molecule has 1 aromatic heterocycles. The van der Waals surface area contributed by atoms with Crippen LogP contribution in [0.1, 0.15) is 57.9 Å². The van der Waals surface area contributed by atoms with E-state index < -0.39 is 5.54 Å². The van der Waals surface area contributed by atoms with Crippen LogP contribution >= 0.6 is 0 Å². The number of hydrogen-bond donors (Lipinski definition) is 2. The maximum atomic E-state index is 12.6. The van der Waals surface area contributed by atoms with Crippen molar-refractivity contribution in [1.29, 1.82) is 0 Å². The fraction of sp³-hybridized carbons (Fsp3) is 0.370. The van der Waals surface area contributed by atoms with Gasteiger partial charge in [-0.05, 0) is 49.8 Å². The first-order chi connectivity index (χ1) is 15.4. The summed E-state index contributed by atoms with van der Waals surface area (Å²) in [5, 5.41) is 11.8. The van der Waals surface area contributed by atoms with Crippen molar-refractivity contribution in [2.45, 2.75) is 57.9 Å². The monoisotopic (exact) mass is 428 g/mol. The third kappa shape index (κ3) is 5.40. The molecule has 0 bridgehead atoms. The van der Waals surface area contributed by atoms with E-state index in [1.54, 1.807) is 0 Å². The summed E-state index contributed by atoms with van der Waals surface area (Å²) in [6, 6.07) is 20.1. The Morgan fingerprint density at radius 2 is 1.66 bits per heavy atom. The molecule has 3 N–H and O–H groups in total. The predicted octanol–water partition coefficient (Wildman–Crippen LogP) is 5.91. The van der Waals surface area contributed by atoms with Crippen LogP contribution in [0.2, 0.25) is 0 Å². The van der Waals surface area contributed by atoms with Crippen LogP contribution in [0.4, 0.5) is 5.82 Å². The summed E-state index contributed by atoms with van der Waals surface area (Å²) in [4.78, 5) is 12.6. The zero-order chi connectivity index (χ0) is 22.6. The number of anilines is 1. The van der Waals surface area contributed by atoms with Crippen LogP contribution in [-0.4, -0.2) is 16.1 Å². The maximum Gasteiger partial charge on any atom is 0.225 e. The van der Waals surface area contributed by atoms with Gasteiger partial charge in [-0.2, -0.15) is 0 Å². The van der Waals surface area contributed by atoms with Gasteiger partial charge in [-0.3, -0.25) is 4.79 Å².